The van der Waals surface area contributed by atoms with Crippen LogP contribution >= 0.6 is 0 Å². The molecule has 4 nitrogen and oxygen atoms in total. The smallest absolute Gasteiger partial charge is 0.223 e. The standard InChI is InChI=1S/C12H20N4/c1-8-5-9(2)16-12(15-8)14-7-10-3-4-11(13)6-10/h5,10-11H,3-4,6-7,13H2,1-2H3,(H,14,15,16). The summed E-state index contributed by atoms with van der Waals surface area (Å²) in [6.45, 7) is 4.92. The third-order valence-corrected chi connectivity index (χ3v) is 3.11. The van der Waals surface area contributed by atoms with Gasteiger partial charge in [0.2, 0.25) is 5.95 Å². The molecule has 2 unspecified atom stereocenters. The SMILES string of the molecule is Cc1cc(C)nc(NCC2CCC(N)C2)n1. The predicted molar refractivity (Wildman–Crippen MR) is 65.3 cm³/mol. The Morgan fingerprint density at radius 3 is 2.56 bits per heavy atom. The second-order valence-electron chi connectivity index (χ2n) is 4.79. The second kappa shape index (κ2) is 4.78. The summed E-state index contributed by atoms with van der Waals surface area (Å²) in [4.78, 5) is 8.72. The van der Waals surface area contributed by atoms with Crippen LogP contribution < -0.4 is 11.1 Å². The van der Waals surface area contributed by atoms with E-state index in [-0.39, 0.29) is 0 Å². The minimum Gasteiger partial charge on any atom is -0.354 e. The number of nitrogens with one attached hydrogen (secondary N) is 1. The van der Waals surface area contributed by atoms with Crippen molar-refractivity contribution < 1.29 is 0 Å². The summed E-state index contributed by atoms with van der Waals surface area (Å²) in [6, 6.07) is 2.38. The van der Waals surface area contributed by atoms with Crippen molar-refractivity contribution in [3.05, 3.63) is 17.5 Å². The Morgan fingerprint density at radius 1 is 1.31 bits per heavy atom. The highest BCUT2D eigenvalue weighted by Crippen LogP contribution is 2.23. The van der Waals surface area contributed by atoms with Crippen LogP contribution in [-0.2, 0) is 0 Å². The molecule has 0 aliphatic heterocycles. The first-order chi connectivity index (χ1) is 7.63. The van der Waals surface area contributed by atoms with E-state index in [4.69, 9.17) is 5.73 Å². The van der Waals surface area contributed by atoms with E-state index in [0.717, 1.165) is 36.7 Å². The molecule has 1 heterocycles. The van der Waals surface area contributed by atoms with E-state index >= 15 is 0 Å². The van der Waals surface area contributed by atoms with Gasteiger partial charge >= 0.3 is 0 Å². The van der Waals surface area contributed by atoms with Crippen molar-refractivity contribution in [3.63, 3.8) is 0 Å². The lowest BCUT2D eigenvalue weighted by atomic mass is 10.1. The first-order valence-corrected chi connectivity index (χ1v) is 5.95. The molecule has 0 bridgehead atoms. The van der Waals surface area contributed by atoms with Crippen LogP contribution in [0.5, 0.6) is 0 Å². The number of nitrogens with two attached hydrogens (primary N) is 1. The molecule has 4 heteroatoms. The van der Waals surface area contributed by atoms with Gasteiger partial charge in [-0.25, -0.2) is 9.97 Å². The molecule has 1 aromatic rings. The molecular formula is C12H20N4. The molecular weight excluding hydrogens is 200 g/mol. The Morgan fingerprint density at radius 2 is 2.00 bits per heavy atom. The summed E-state index contributed by atoms with van der Waals surface area (Å²) in [6.07, 6.45) is 3.50. The van der Waals surface area contributed by atoms with E-state index < -0.39 is 0 Å². The fourth-order valence-corrected chi connectivity index (χ4v) is 2.34. The Kier molecular flexibility index (Phi) is 3.39. The third-order valence-electron chi connectivity index (χ3n) is 3.11. The lowest BCUT2D eigenvalue weighted by Crippen LogP contribution is -2.18. The molecule has 0 amide bonds. The molecule has 0 saturated heterocycles. The summed E-state index contributed by atoms with van der Waals surface area (Å²) in [5.41, 5.74) is 7.91. The van der Waals surface area contributed by atoms with E-state index in [0.29, 0.717) is 12.0 Å². The third kappa shape index (κ3) is 2.92. The summed E-state index contributed by atoms with van der Waals surface area (Å²) < 4.78 is 0. The number of nitrogens with zero attached hydrogens (tertiary/aromatic N) is 2. The van der Waals surface area contributed by atoms with Crippen LogP contribution in [-0.4, -0.2) is 22.6 Å². The summed E-state index contributed by atoms with van der Waals surface area (Å²) in [5.74, 6) is 1.43. The lowest BCUT2D eigenvalue weighted by Gasteiger charge is -2.11. The second-order valence-corrected chi connectivity index (χ2v) is 4.79. The number of hydrogen-bond donors (Lipinski definition) is 2. The van der Waals surface area contributed by atoms with Gasteiger partial charge in [0.1, 0.15) is 0 Å². The van der Waals surface area contributed by atoms with Crippen LogP contribution in [0, 0.1) is 19.8 Å². The van der Waals surface area contributed by atoms with E-state index in [1.165, 1.54) is 6.42 Å². The van der Waals surface area contributed by atoms with Crippen molar-refractivity contribution in [2.24, 2.45) is 11.7 Å². The van der Waals surface area contributed by atoms with Gasteiger partial charge in [-0.2, -0.15) is 0 Å². The molecule has 2 atom stereocenters. The molecule has 1 aliphatic rings. The fraction of sp³-hybridized carbons (Fsp3) is 0.667. The number of anilines is 1. The van der Waals surface area contributed by atoms with Gasteiger partial charge in [0.25, 0.3) is 0 Å². The minimum atomic E-state index is 0.395. The molecule has 1 aliphatic carbocycles. The first kappa shape index (κ1) is 11.3. The number of aryl methyl sites for hydroxylation is 2. The van der Waals surface area contributed by atoms with Gasteiger partial charge < -0.3 is 11.1 Å². The zero-order valence-electron chi connectivity index (χ0n) is 10.0. The molecule has 3 N–H and O–H groups in total. The van der Waals surface area contributed by atoms with Crippen LogP contribution in [0.3, 0.4) is 0 Å². The fourth-order valence-electron chi connectivity index (χ4n) is 2.34. The topological polar surface area (TPSA) is 63.8 Å². The maximum Gasteiger partial charge on any atom is 0.223 e. The van der Waals surface area contributed by atoms with Crippen molar-refractivity contribution in [2.75, 3.05) is 11.9 Å². The van der Waals surface area contributed by atoms with Gasteiger partial charge in [-0.3, -0.25) is 0 Å². The number of aromatic nitrogens is 2. The Labute approximate surface area is 96.7 Å². The molecule has 2 rings (SSSR count). The van der Waals surface area contributed by atoms with Gasteiger partial charge in [0.15, 0.2) is 0 Å². The molecule has 0 spiro atoms. The van der Waals surface area contributed by atoms with E-state index in [1.807, 2.05) is 19.9 Å². The van der Waals surface area contributed by atoms with Gasteiger partial charge in [0.05, 0.1) is 0 Å². The van der Waals surface area contributed by atoms with Gasteiger partial charge in [-0.05, 0) is 45.1 Å². The molecule has 0 radical (unpaired) electrons. The Balaban J connectivity index is 1.89. The Bertz CT molecular complexity index is 344. The first-order valence-electron chi connectivity index (χ1n) is 5.95. The van der Waals surface area contributed by atoms with Crippen molar-refractivity contribution in [1.82, 2.24) is 9.97 Å². The van der Waals surface area contributed by atoms with Crippen LogP contribution in [0.15, 0.2) is 6.07 Å². The summed E-state index contributed by atoms with van der Waals surface area (Å²) >= 11 is 0. The minimum absolute atomic E-state index is 0.395. The molecule has 88 valence electrons. The van der Waals surface area contributed by atoms with E-state index in [1.54, 1.807) is 0 Å². The average Bonchev–Trinajstić information content (AvgIpc) is 2.60. The largest absolute Gasteiger partial charge is 0.354 e. The molecule has 0 aromatic carbocycles. The Hall–Kier alpha value is -1.16. The van der Waals surface area contributed by atoms with E-state index in [9.17, 15) is 0 Å². The van der Waals surface area contributed by atoms with Crippen LogP contribution in [0.1, 0.15) is 30.7 Å². The molecule has 1 saturated carbocycles. The summed E-state index contributed by atoms with van der Waals surface area (Å²) in [5, 5.41) is 3.31. The quantitative estimate of drug-likeness (QED) is 0.812. The van der Waals surface area contributed by atoms with Crippen LogP contribution in [0.2, 0.25) is 0 Å². The highest BCUT2D eigenvalue weighted by Gasteiger charge is 2.21. The number of rotatable bonds is 3. The summed E-state index contributed by atoms with van der Waals surface area (Å²) in [7, 11) is 0. The van der Waals surface area contributed by atoms with Crippen molar-refractivity contribution >= 4 is 5.95 Å². The normalized spacial score (nSPS) is 24.7. The number of hydrogen-bond acceptors (Lipinski definition) is 4. The van der Waals surface area contributed by atoms with Crippen LogP contribution in [0.25, 0.3) is 0 Å². The highest BCUT2D eigenvalue weighted by molar-refractivity contribution is 5.27. The zero-order chi connectivity index (χ0) is 11.5. The van der Waals surface area contributed by atoms with Crippen LogP contribution in [0.4, 0.5) is 5.95 Å². The average molecular weight is 220 g/mol. The van der Waals surface area contributed by atoms with Gasteiger partial charge in [-0.15, -0.1) is 0 Å². The van der Waals surface area contributed by atoms with Crippen molar-refractivity contribution in [2.45, 2.75) is 39.2 Å². The lowest BCUT2D eigenvalue weighted by molar-refractivity contribution is 0.563. The maximum atomic E-state index is 5.88. The highest BCUT2D eigenvalue weighted by atomic mass is 15.1. The predicted octanol–water partition coefficient (Wildman–Crippen LogP) is 1.63. The molecule has 16 heavy (non-hydrogen) atoms. The van der Waals surface area contributed by atoms with E-state index in [2.05, 4.69) is 15.3 Å². The van der Waals surface area contributed by atoms with Crippen molar-refractivity contribution in [1.29, 1.82) is 0 Å². The molecule has 1 fully saturated rings. The maximum absolute atomic E-state index is 5.88. The zero-order valence-corrected chi connectivity index (χ0v) is 10.0. The van der Waals surface area contributed by atoms with Crippen molar-refractivity contribution in [3.8, 4) is 0 Å². The van der Waals surface area contributed by atoms with Gasteiger partial charge in [0, 0.05) is 24.0 Å². The molecule has 1 aromatic heterocycles. The van der Waals surface area contributed by atoms with Gasteiger partial charge in [-0.1, -0.05) is 0 Å². The monoisotopic (exact) mass is 220 g/mol.